The summed E-state index contributed by atoms with van der Waals surface area (Å²) in [7, 11) is 0. The van der Waals surface area contributed by atoms with Gasteiger partial charge in [0.05, 0.1) is 12.6 Å². The van der Waals surface area contributed by atoms with E-state index in [1.807, 2.05) is 34.9 Å². The van der Waals surface area contributed by atoms with E-state index < -0.39 is 0 Å². The molecule has 7 heteroatoms. The van der Waals surface area contributed by atoms with Gasteiger partial charge in [0, 0.05) is 38.4 Å². The van der Waals surface area contributed by atoms with Gasteiger partial charge in [0.2, 0.25) is 11.8 Å². The van der Waals surface area contributed by atoms with Crippen LogP contribution in [0.2, 0.25) is 0 Å². The van der Waals surface area contributed by atoms with E-state index in [0.717, 1.165) is 44.6 Å². The average molecular weight is 381 g/mol. The quantitative estimate of drug-likeness (QED) is 0.835. The number of rotatable bonds is 5. The van der Waals surface area contributed by atoms with Gasteiger partial charge in [0.25, 0.3) is 0 Å². The van der Waals surface area contributed by atoms with Gasteiger partial charge in [-0.25, -0.2) is 0 Å². The third-order valence-corrected chi connectivity index (χ3v) is 5.15. The van der Waals surface area contributed by atoms with Crippen LogP contribution in [0.25, 0.3) is 0 Å². The lowest BCUT2D eigenvalue weighted by Crippen LogP contribution is -2.54. The van der Waals surface area contributed by atoms with Crippen LogP contribution < -0.4 is 10.6 Å². The van der Waals surface area contributed by atoms with Gasteiger partial charge >= 0.3 is 0 Å². The normalized spacial score (nSPS) is 18.2. The molecule has 144 valence electrons. The van der Waals surface area contributed by atoms with Gasteiger partial charge in [0.15, 0.2) is 0 Å². The Labute approximate surface area is 161 Å². The number of piperazine rings is 1. The fraction of sp³-hybridized carbons (Fsp3) is 0.579. The van der Waals surface area contributed by atoms with E-state index in [-0.39, 0.29) is 30.3 Å². The number of fused-ring (bicyclic) bond motifs is 1. The van der Waals surface area contributed by atoms with Crippen molar-refractivity contribution in [3.05, 3.63) is 29.8 Å². The third kappa shape index (κ3) is 4.55. The molecule has 2 amide bonds. The monoisotopic (exact) mass is 380 g/mol. The third-order valence-electron chi connectivity index (χ3n) is 5.15. The predicted octanol–water partition coefficient (Wildman–Crippen LogP) is 1.27. The van der Waals surface area contributed by atoms with Gasteiger partial charge in [-0.05, 0) is 24.5 Å². The van der Waals surface area contributed by atoms with Crippen LogP contribution in [-0.4, -0.2) is 66.9 Å². The van der Waals surface area contributed by atoms with Crippen molar-refractivity contribution in [3.8, 4) is 0 Å². The molecule has 2 N–H and O–H groups in total. The maximum atomic E-state index is 12.7. The molecule has 2 aliphatic heterocycles. The van der Waals surface area contributed by atoms with Crippen LogP contribution in [0.1, 0.15) is 25.3 Å². The van der Waals surface area contributed by atoms with Crippen molar-refractivity contribution in [3.63, 3.8) is 0 Å². The molecule has 3 rings (SSSR count). The Kier molecular flexibility index (Phi) is 7.43. The maximum Gasteiger partial charge on any atom is 0.241 e. The molecular formula is C19H29ClN4O2. The number of halogens is 1. The lowest BCUT2D eigenvalue weighted by molar-refractivity contribution is -0.134. The molecule has 6 nitrogen and oxygen atoms in total. The highest BCUT2D eigenvalue weighted by atomic mass is 35.5. The molecule has 2 aliphatic rings. The maximum absolute atomic E-state index is 12.7. The largest absolute Gasteiger partial charge is 0.339 e. The fourth-order valence-electron chi connectivity index (χ4n) is 3.67. The van der Waals surface area contributed by atoms with Crippen LogP contribution >= 0.6 is 12.4 Å². The molecule has 0 spiro atoms. The molecule has 1 unspecified atom stereocenters. The van der Waals surface area contributed by atoms with Crippen molar-refractivity contribution >= 4 is 29.9 Å². The zero-order valence-corrected chi connectivity index (χ0v) is 16.2. The van der Waals surface area contributed by atoms with Crippen LogP contribution in [0, 0.1) is 0 Å². The number of amides is 2. The number of carbonyl (C=O) groups excluding carboxylic acids is 2. The van der Waals surface area contributed by atoms with Gasteiger partial charge in [-0.3, -0.25) is 14.5 Å². The Morgan fingerprint density at radius 1 is 1.12 bits per heavy atom. The first kappa shape index (κ1) is 20.7. The van der Waals surface area contributed by atoms with Crippen molar-refractivity contribution in [2.75, 3.05) is 44.2 Å². The van der Waals surface area contributed by atoms with Crippen molar-refractivity contribution in [2.24, 2.45) is 5.73 Å². The van der Waals surface area contributed by atoms with Gasteiger partial charge in [-0.15, -0.1) is 12.4 Å². The molecule has 0 radical (unpaired) electrons. The highest BCUT2D eigenvalue weighted by Crippen LogP contribution is 2.27. The molecule has 0 aromatic heterocycles. The molecule has 1 saturated heterocycles. The molecule has 0 bridgehead atoms. The summed E-state index contributed by atoms with van der Waals surface area (Å²) in [6, 6.07) is 7.72. The Bertz CT molecular complexity index is 632. The summed E-state index contributed by atoms with van der Waals surface area (Å²) in [4.78, 5) is 30.8. The van der Waals surface area contributed by atoms with Crippen molar-refractivity contribution in [2.45, 2.75) is 32.2 Å². The van der Waals surface area contributed by atoms with Crippen molar-refractivity contribution in [1.82, 2.24) is 9.80 Å². The van der Waals surface area contributed by atoms with Crippen molar-refractivity contribution < 1.29 is 9.59 Å². The van der Waals surface area contributed by atoms with E-state index >= 15 is 0 Å². The number of hydrogen-bond donors (Lipinski definition) is 1. The van der Waals surface area contributed by atoms with Crippen LogP contribution in [0.5, 0.6) is 0 Å². The van der Waals surface area contributed by atoms with E-state index in [1.54, 1.807) is 0 Å². The number of nitrogens with two attached hydrogens (primary N) is 1. The van der Waals surface area contributed by atoms with Crippen LogP contribution in [0.3, 0.4) is 0 Å². The van der Waals surface area contributed by atoms with Gasteiger partial charge in [-0.1, -0.05) is 31.5 Å². The summed E-state index contributed by atoms with van der Waals surface area (Å²) in [6.07, 6.45) is 2.57. The van der Waals surface area contributed by atoms with E-state index in [9.17, 15) is 9.59 Å². The van der Waals surface area contributed by atoms with E-state index in [2.05, 4.69) is 11.0 Å². The van der Waals surface area contributed by atoms with Crippen LogP contribution in [0.15, 0.2) is 24.3 Å². The Morgan fingerprint density at radius 2 is 1.81 bits per heavy atom. The number of benzene rings is 1. The number of anilines is 1. The molecule has 1 fully saturated rings. The highest BCUT2D eigenvalue weighted by molar-refractivity contribution is 5.96. The molecule has 1 aromatic carbocycles. The summed E-state index contributed by atoms with van der Waals surface area (Å²) >= 11 is 0. The van der Waals surface area contributed by atoms with Gasteiger partial charge in [-0.2, -0.15) is 0 Å². The van der Waals surface area contributed by atoms with Crippen LogP contribution in [0.4, 0.5) is 5.69 Å². The SMILES string of the molecule is CCCC(N)C(=O)N1CCN(CC(=O)N2CCc3ccccc32)CC1.Cl. The second kappa shape index (κ2) is 9.35. The van der Waals surface area contributed by atoms with E-state index in [4.69, 9.17) is 5.73 Å². The summed E-state index contributed by atoms with van der Waals surface area (Å²) in [5.74, 6) is 0.189. The van der Waals surface area contributed by atoms with Crippen molar-refractivity contribution in [1.29, 1.82) is 0 Å². The Hall–Kier alpha value is -1.63. The first-order chi connectivity index (χ1) is 12.1. The summed E-state index contributed by atoms with van der Waals surface area (Å²) < 4.78 is 0. The number of nitrogens with zero attached hydrogens (tertiary/aromatic N) is 3. The van der Waals surface area contributed by atoms with Crippen LogP contribution in [-0.2, 0) is 16.0 Å². The molecule has 2 heterocycles. The molecule has 26 heavy (non-hydrogen) atoms. The standard InChI is InChI=1S/C19H28N4O2.ClH/c1-2-5-16(20)19(25)22-12-10-21(11-13-22)14-18(24)23-9-8-15-6-3-4-7-17(15)23;/h3-4,6-7,16H,2,5,8-14,20H2,1H3;1H. The smallest absolute Gasteiger partial charge is 0.241 e. The predicted molar refractivity (Wildman–Crippen MR) is 106 cm³/mol. The first-order valence-electron chi connectivity index (χ1n) is 9.25. The molecule has 0 aliphatic carbocycles. The first-order valence-corrected chi connectivity index (χ1v) is 9.25. The van der Waals surface area contributed by atoms with Gasteiger partial charge in [0.1, 0.15) is 0 Å². The summed E-state index contributed by atoms with van der Waals surface area (Å²) in [6.45, 7) is 5.98. The Balaban J connectivity index is 0.00000243. The minimum atomic E-state index is -0.390. The fourth-order valence-corrected chi connectivity index (χ4v) is 3.67. The molecule has 0 saturated carbocycles. The average Bonchev–Trinajstić information content (AvgIpc) is 3.06. The zero-order chi connectivity index (χ0) is 17.8. The number of hydrogen-bond acceptors (Lipinski definition) is 4. The topological polar surface area (TPSA) is 69.9 Å². The number of para-hydroxylation sites is 1. The lowest BCUT2D eigenvalue weighted by Gasteiger charge is -2.36. The molecule has 1 aromatic rings. The van der Waals surface area contributed by atoms with E-state index in [0.29, 0.717) is 19.6 Å². The minimum absolute atomic E-state index is 0. The zero-order valence-electron chi connectivity index (χ0n) is 15.4. The second-order valence-electron chi connectivity index (χ2n) is 6.92. The second-order valence-corrected chi connectivity index (χ2v) is 6.92. The summed E-state index contributed by atoms with van der Waals surface area (Å²) in [5, 5.41) is 0. The van der Waals surface area contributed by atoms with E-state index in [1.165, 1.54) is 5.56 Å². The number of carbonyl (C=O) groups is 2. The highest BCUT2D eigenvalue weighted by Gasteiger charge is 2.28. The Morgan fingerprint density at radius 3 is 2.50 bits per heavy atom. The minimum Gasteiger partial charge on any atom is -0.339 e. The molecule has 1 atom stereocenters. The lowest BCUT2D eigenvalue weighted by atomic mass is 10.1. The molecular weight excluding hydrogens is 352 g/mol. The van der Waals surface area contributed by atoms with Gasteiger partial charge < -0.3 is 15.5 Å². The summed E-state index contributed by atoms with van der Waals surface area (Å²) in [5.41, 5.74) is 8.23.